The molecule has 1 N–H and O–H groups in total. The van der Waals surface area contributed by atoms with Crippen molar-refractivity contribution >= 4 is 0 Å². The summed E-state index contributed by atoms with van der Waals surface area (Å²) in [6.45, 7) is 2.30. The second-order valence-electron chi connectivity index (χ2n) is 6.39. The predicted octanol–water partition coefficient (Wildman–Crippen LogP) is 4.66. The number of hydrogen-bond acceptors (Lipinski definition) is 1. The highest BCUT2D eigenvalue weighted by Crippen LogP contribution is 2.33. The van der Waals surface area contributed by atoms with Gasteiger partial charge in [-0.1, -0.05) is 58.3 Å². The van der Waals surface area contributed by atoms with Gasteiger partial charge in [-0.2, -0.15) is 0 Å². The normalized spacial score (nSPS) is 31.9. The quantitative estimate of drug-likeness (QED) is 0.606. The lowest BCUT2D eigenvalue weighted by molar-refractivity contribution is 0.279. The van der Waals surface area contributed by atoms with E-state index in [1.807, 2.05) is 0 Å². The van der Waals surface area contributed by atoms with Crippen molar-refractivity contribution in [2.75, 3.05) is 0 Å². The number of fused-ring (bicyclic) bond motifs is 2. The summed E-state index contributed by atoms with van der Waals surface area (Å²) in [6, 6.07) is 1.78. The third-order valence-corrected chi connectivity index (χ3v) is 4.79. The third-order valence-electron chi connectivity index (χ3n) is 4.79. The fraction of sp³-hybridized carbons (Fsp3) is 1.00. The van der Waals surface area contributed by atoms with Crippen LogP contribution < -0.4 is 5.32 Å². The molecule has 1 nitrogen and oxygen atoms in total. The molecule has 2 atom stereocenters. The van der Waals surface area contributed by atoms with Gasteiger partial charge in [0.1, 0.15) is 0 Å². The van der Waals surface area contributed by atoms with Crippen LogP contribution in [0.4, 0.5) is 0 Å². The Kier molecular flexibility index (Phi) is 5.84. The summed E-state index contributed by atoms with van der Waals surface area (Å²) in [5, 5.41) is 3.75. The predicted molar refractivity (Wildman–Crippen MR) is 75.3 cm³/mol. The largest absolute Gasteiger partial charge is 0.311 e. The van der Waals surface area contributed by atoms with E-state index >= 15 is 0 Å². The average Bonchev–Trinajstić information content (AvgIpc) is 2.68. The molecule has 0 aliphatic carbocycles. The number of nitrogens with one attached hydrogen (secondary N) is 1. The van der Waals surface area contributed by atoms with Crippen LogP contribution in [-0.2, 0) is 0 Å². The van der Waals surface area contributed by atoms with Crippen LogP contribution in [-0.4, -0.2) is 12.1 Å². The van der Waals surface area contributed by atoms with Gasteiger partial charge in [-0.05, 0) is 31.6 Å². The van der Waals surface area contributed by atoms with E-state index in [2.05, 4.69) is 12.2 Å². The van der Waals surface area contributed by atoms with E-state index < -0.39 is 0 Å². The minimum atomic E-state index is 0.892. The van der Waals surface area contributed by atoms with Crippen molar-refractivity contribution in [1.29, 1.82) is 0 Å². The first-order valence-corrected chi connectivity index (χ1v) is 8.14. The number of rotatable bonds is 8. The van der Waals surface area contributed by atoms with Crippen LogP contribution in [0.25, 0.3) is 0 Å². The van der Waals surface area contributed by atoms with Gasteiger partial charge in [0, 0.05) is 12.1 Å². The van der Waals surface area contributed by atoms with Crippen LogP contribution >= 0.6 is 0 Å². The Morgan fingerprint density at radius 1 is 0.824 bits per heavy atom. The maximum atomic E-state index is 3.75. The Hall–Kier alpha value is -0.0400. The zero-order valence-electron chi connectivity index (χ0n) is 11.7. The molecule has 100 valence electrons. The summed E-state index contributed by atoms with van der Waals surface area (Å²) in [7, 11) is 0. The standard InChI is InChI=1S/C16H31N/c1-2-3-4-5-6-7-8-9-14-12-15-10-11-16(13-14)17-15/h14-17H,2-13H2,1H3. The molecule has 1 heteroatoms. The molecule has 0 amide bonds. The van der Waals surface area contributed by atoms with E-state index in [-0.39, 0.29) is 0 Å². The first-order valence-electron chi connectivity index (χ1n) is 8.14. The lowest BCUT2D eigenvalue weighted by Crippen LogP contribution is -2.37. The molecule has 2 unspecified atom stereocenters. The molecule has 2 heterocycles. The van der Waals surface area contributed by atoms with Crippen molar-refractivity contribution in [3.05, 3.63) is 0 Å². The highest BCUT2D eigenvalue weighted by atomic mass is 15.0. The molecule has 2 aliphatic heterocycles. The molecule has 0 spiro atoms. The molecule has 0 aromatic heterocycles. The van der Waals surface area contributed by atoms with Crippen molar-refractivity contribution in [3.63, 3.8) is 0 Å². The van der Waals surface area contributed by atoms with Crippen molar-refractivity contribution < 1.29 is 0 Å². The molecule has 2 bridgehead atoms. The Bertz CT molecular complexity index is 190. The second-order valence-corrected chi connectivity index (χ2v) is 6.39. The summed E-state index contributed by atoms with van der Waals surface area (Å²) < 4.78 is 0. The van der Waals surface area contributed by atoms with Crippen molar-refractivity contribution in [3.8, 4) is 0 Å². The van der Waals surface area contributed by atoms with Crippen molar-refractivity contribution in [1.82, 2.24) is 5.32 Å². The maximum Gasteiger partial charge on any atom is 0.00728 e. The second kappa shape index (κ2) is 7.41. The maximum absolute atomic E-state index is 3.75. The van der Waals surface area contributed by atoms with Crippen LogP contribution in [0, 0.1) is 5.92 Å². The average molecular weight is 237 g/mol. The summed E-state index contributed by atoms with van der Waals surface area (Å²) in [6.07, 6.45) is 17.6. The van der Waals surface area contributed by atoms with E-state index in [1.54, 1.807) is 0 Å². The fourth-order valence-electron chi connectivity index (χ4n) is 3.80. The molecule has 2 rings (SSSR count). The summed E-state index contributed by atoms with van der Waals surface area (Å²) in [4.78, 5) is 0. The molecule has 2 aliphatic rings. The Labute approximate surface area is 108 Å². The van der Waals surface area contributed by atoms with Crippen LogP contribution in [0.2, 0.25) is 0 Å². The molecular weight excluding hydrogens is 206 g/mol. The zero-order valence-corrected chi connectivity index (χ0v) is 11.7. The third kappa shape index (κ3) is 4.62. The lowest BCUT2D eigenvalue weighted by Gasteiger charge is -2.29. The van der Waals surface area contributed by atoms with Gasteiger partial charge in [0.05, 0.1) is 0 Å². The fourth-order valence-corrected chi connectivity index (χ4v) is 3.80. The first-order chi connectivity index (χ1) is 8.38. The molecule has 2 fully saturated rings. The first kappa shape index (κ1) is 13.4. The van der Waals surface area contributed by atoms with E-state index in [0.29, 0.717) is 0 Å². The van der Waals surface area contributed by atoms with Crippen molar-refractivity contribution in [2.24, 2.45) is 5.92 Å². The van der Waals surface area contributed by atoms with Gasteiger partial charge >= 0.3 is 0 Å². The smallest absolute Gasteiger partial charge is 0.00728 e. The summed E-state index contributed by atoms with van der Waals surface area (Å²) in [5.41, 5.74) is 0. The van der Waals surface area contributed by atoms with Crippen molar-refractivity contribution in [2.45, 2.75) is 96.1 Å². The Morgan fingerprint density at radius 3 is 2.06 bits per heavy atom. The minimum absolute atomic E-state index is 0.892. The van der Waals surface area contributed by atoms with E-state index in [0.717, 1.165) is 18.0 Å². The number of unbranched alkanes of at least 4 members (excludes halogenated alkanes) is 6. The Balaban J connectivity index is 1.45. The molecule has 0 aromatic carbocycles. The molecule has 0 radical (unpaired) electrons. The van der Waals surface area contributed by atoms with Gasteiger partial charge < -0.3 is 5.32 Å². The van der Waals surface area contributed by atoms with E-state index in [9.17, 15) is 0 Å². The van der Waals surface area contributed by atoms with E-state index in [1.165, 1.54) is 77.0 Å². The Morgan fingerprint density at radius 2 is 1.41 bits per heavy atom. The van der Waals surface area contributed by atoms with Crippen LogP contribution in [0.1, 0.15) is 84.0 Å². The number of piperidine rings is 1. The monoisotopic (exact) mass is 237 g/mol. The minimum Gasteiger partial charge on any atom is -0.311 e. The molecule has 2 saturated heterocycles. The SMILES string of the molecule is CCCCCCCCCC1CC2CCC(C1)N2. The van der Waals surface area contributed by atoms with Gasteiger partial charge in [0.25, 0.3) is 0 Å². The van der Waals surface area contributed by atoms with Gasteiger partial charge in [0.2, 0.25) is 0 Å². The van der Waals surface area contributed by atoms with Crippen LogP contribution in [0.3, 0.4) is 0 Å². The van der Waals surface area contributed by atoms with Crippen LogP contribution in [0.15, 0.2) is 0 Å². The van der Waals surface area contributed by atoms with Gasteiger partial charge in [-0.15, -0.1) is 0 Å². The highest BCUT2D eigenvalue weighted by Gasteiger charge is 2.32. The summed E-state index contributed by atoms with van der Waals surface area (Å²) >= 11 is 0. The van der Waals surface area contributed by atoms with Gasteiger partial charge in [-0.3, -0.25) is 0 Å². The molecule has 0 aromatic rings. The molecule has 0 saturated carbocycles. The van der Waals surface area contributed by atoms with Gasteiger partial charge in [-0.25, -0.2) is 0 Å². The lowest BCUT2D eigenvalue weighted by atomic mass is 9.88. The van der Waals surface area contributed by atoms with Crippen LogP contribution in [0.5, 0.6) is 0 Å². The van der Waals surface area contributed by atoms with E-state index in [4.69, 9.17) is 0 Å². The summed E-state index contributed by atoms with van der Waals surface area (Å²) in [5.74, 6) is 1.06. The molecular formula is C16H31N. The highest BCUT2D eigenvalue weighted by molar-refractivity contribution is 4.91. The van der Waals surface area contributed by atoms with Gasteiger partial charge in [0.15, 0.2) is 0 Å². The number of hydrogen-bond donors (Lipinski definition) is 1. The zero-order chi connectivity index (χ0) is 11.9. The molecule has 17 heavy (non-hydrogen) atoms. The topological polar surface area (TPSA) is 12.0 Å².